The molecule has 3 aromatic rings. The second kappa shape index (κ2) is 13.2. The highest BCUT2D eigenvalue weighted by atomic mass is 16.5. The van der Waals surface area contributed by atoms with Crippen LogP contribution in [0.4, 0.5) is 4.79 Å². The molecule has 0 unspecified atom stereocenters. The van der Waals surface area contributed by atoms with Crippen LogP contribution < -0.4 is 14.8 Å². The summed E-state index contributed by atoms with van der Waals surface area (Å²) >= 11 is 0. The Kier molecular flexibility index (Phi) is 9.03. The SMILES string of the molecule is CN1CCC[C@H](NC(=O)OCc2ccccc2)C(=O)N2C[C@@H](Oc3ccccc3)C[C@H]2COc2cccc(c2)C1=O. The van der Waals surface area contributed by atoms with E-state index >= 15 is 0 Å². The van der Waals surface area contributed by atoms with Gasteiger partial charge in [0, 0.05) is 25.6 Å². The van der Waals surface area contributed by atoms with Gasteiger partial charge in [-0.1, -0.05) is 54.6 Å². The maximum Gasteiger partial charge on any atom is 0.408 e. The van der Waals surface area contributed by atoms with Gasteiger partial charge in [-0.2, -0.15) is 0 Å². The van der Waals surface area contributed by atoms with E-state index in [0.717, 1.165) is 11.3 Å². The van der Waals surface area contributed by atoms with E-state index in [1.807, 2.05) is 60.7 Å². The minimum atomic E-state index is -0.833. The number of fused-ring (bicyclic) bond motifs is 3. The van der Waals surface area contributed by atoms with E-state index in [2.05, 4.69) is 5.32 Å². The zero-order valence-corrected chi connectivity index (χ0v) is 23.1. The Morgan fingerprint density at radius 2 is 1.76 bits per heavy atom. The van der Waals surface area contributed by atoms with Crippen molar-refractivity contribution in [1.82, 2.24) is 15.1 Å². The Balaban J connectivity index is 1.35. The first-order valence-electron chi connectivity index (χ1n) is 13.9. The first kappa shape index (κ1) is 28.0. The summed E-state index contributed by atoms with van der Waals surface area (Å²) < 4.78 is 17.8. The number of hydrogen-bond donors (Lipinski definition) is 1. The van der Waals surface area contributed by atoms with E-state index in [9.17, 15) is 14.4 Å². The molecule has 3 amide bonds. The van der Waals surface area contributed by atoms with Crippen molar-refractivity contribution in [3.8, 4) is 11.5 Å². The van der Waals surface area contributed by atoms with Gasteiger partial charge in [0.25, 0.3) is 5.91 Å². The lowest BCUT2D eigenvalue weighted by atomic mass is 10.1. The number of hydrogen-bond acceptors (Lipinski definition) is 6. The van der Waals surface area contributed by atoms with Gasteiger partial charge < -0.3 is 29.3 Å². The van der Waals surface area contributed by atoms with Crippen molar-refractivity contribution < 1.29 is 28.6 Å². The van der Waals surface area contributed by atoms with E-state index in [1.54, 1.807) is 41.1 Å². The van der Waals surface area contributed by atoms with Crippen LogP contribution >= 0.6 is 0 Å². The molecule has 0 spiro atoms. The van der Waals surface area contributed by atoms with Gasteiger partial charge in [-0.25, -0.2) is 4.79 Å². The molecule has 3 atom stereocenters. The van der Waals surface area contributed by atoms with Gasteiger partial charge in [-0.3, -0.25) is 9.59 Å². The molecule has 0 saturated carbocycles. The van der Waals surface area contributed by atoms with Gasteiger partial charge in [0.1, 0.15) is 36.9 Å². The zero-order chi connectivity index (χ0) is 28.6. The van der Waals surface area contributed by atoms with E-state index in [4.69, 9.17) is 14.2 Å². The maximum absolute atomic E-state index is 14.0. The van der Waals surface area contributed by atoms with Crippen molar-refractivity contribution in [2.45, 2.75) is 44.1 Å². The molecule has 1 saturated heterocycles. The normalized spacial score (nSPS) is 21.3. The molecule has 0 aromatic heterocycles. The molecule has 0 aliphatic carbocycles. The van der Waals surface area contributed by atoms with Crippen molar-refractivity contribution in [1.29, 1.82) is 0 Å². The molecule has 1 fully saturated rings. The van der Waals surface area contributed by atoms with Crippen molar-refractivity contribution in [2.24, 2.45) is 0 Å². The fraction of sp³-hybridized carbons (Fsp3) is 0.344. The summed E-state index contributed by atoms with van der Waals surface area (Å²) in [6.07, 6.45) is 0.501. The van der Waals surface area contributed by atoms with Gasteiger partial charge in [0.2, 0.25) is 5.91 Å². The molecule has 214 valence electrons. The second-order valence-electron chi connectivity index (χ2n) is 10.4. The maximum atomic E-state index is 14.0. The van der Waals surface area contributed by atoms with Crippen LogP contribution in [0.1, 0.15) is 35.2 Å². The predicted octanol–water partition coefficient (Wildman–Crippen LogP) is 4.27. The molecule has 9 nitrogen and oxygen atoms in total. The molecule has 0 radical (unpaired) electrons. The Labute approximate surface area is 240 Å². The number of amides is 3. The second-order valence-corrected chi connectivity index (χ2v) is 10.4. The molecular formula is C32H35N3O6. The minimum Gasteiger partial charge on any atom is -0.491 e. The Morgan fingerprint density at radius 1 is 1.00 bits per heavy atom. The summed E-state index contributed by atoms with van der Waals surface area (Å²) in [5.74, 6) is 0.921. The average Bonchev–Trinajstić information content (AvgIpc) is 3.40. The fourth-order valence-corrected chi connectivity index (χ4v) is 5.21. The van der Waals surface area contributed by atoms with Crippen LogP contribution in [0.2, 0.25) is 0 Å². The number of alkyl carbamates (subject to hydrolysis) is 1. The largest absolute Gasteiger partial charge is 0.491 e. The molecule has 1 N–H and O–H groups in total. The molecule has 2 heterocycles. The smallest absolute Gasteiger partial charge is 0.408 e. The molecule has 41 heavy (non-hydrogen) atoms. The van der Waals surface area contributed by atoms with Crippen LogP contribution in [0.15, 0.2) is 84.9 Å². The van der Waals surface area contributed by atoms with E-state index < -0.39 is 12.1 Å². The lowest BCUT2D eigenvalue weighted by molar-refractivity contribution is -0.135. The summed E-state index contributed by atoms with van der Waals surface area (Å²) in [5, 5.41) is 2.79. The van der Waals surface area contributed by atoms with Crippen LogP contribution in [0.5, 0.6) is 11.5 Å². The van der Waals surface area contributed by atoms with Gasteiger partial charge >= 0.3 is 6.09 Å². The number of carbonyl (C=O) groups excluding carboxylic acids is 3. The van der Waals surface area contributed by atoms with E-state index in [0.29, 0.717) is 43.7 Å². The lowest BCUT2D eigenvalue weighted by Gasteiger charge is -2.29. The number of rotatable bonds is 5. The molecule has 5 rings (SSSR count). The topological polar surface area (TPSA) is 97.4 Å². The number of nitrogens with zero attached hydrogens (tertiary/aromatic N) is 2. The van der Waals surface area contributed by atoms with Crippen molar-refractivity contribution in [3.05, 3.63) is 96.1 Å². The third-order valence-corrected chi connectivity index (χ3v) is 7.36. The molecule has 2 bridgehead atoms. The summed E-state index contributed by atoms with van der Waals surface area (Å²) in [5.41, 5.74) is 1.38. The van der Waals surface area contributed by atoms with E-state index in [1.165, 1.54) is 0 Å². The van der Waals surface area contributed by atoms with Crippen LogP contribution in [0.3, 0.4) is 0 Å². The Morgan fingerprint density at radius 3 is 2.54 bits per heavy atom. The molecule has 2 aliphatic heterocycles. The number of ether oxygens (including phenoxy) is 3. The van der Waals surface area contributed by atoms with Crippen LogP contribution in [0.25, 0.3) is 0 Å². The number of benzene rings is 3. The molecule has 3 aromatic carbocycles. The zero-order valence-electron chi connectivity index (χ0n) is 23.1. The summed E-state index contributed by atoms with van der Waals surface area (Å²) in [4.78, 5) is 43.2. The summed E-state index contributed by atoms with van der Waals surface area (Å²) in [6, 6.07) is 24.8. The summed E-state index contributed by atoms with van der Waals surface area (Å²) in [7, 11) is 1.72. The molecular weight excluding hydrogens is 522 g/mol. The lowest BCUT2D eigenvalue weighted by Crippen LogP contribution is -2.51. The Bertz CT molecular complexity index is 1340. The molecule has 2 aliphatic rings. The minimum absolute atomic E-state index is 0.0930. The highest BCUT2D eigenvalue weighted by Gasteiger charge is 2.40. The first-order valence-corrected chi connectivity index (χ1v) is 13.9. The number of nitrogens with one attached hydrogen (secondary N) is 1. The highest BCUT2D eigenvalue weighted by Crippen LogP contribution is 2.26. The van der Waals surface area contributed by atoms with Crippen LogP contribution in [-0.2, 0) is 16.1 Å². The quantitative estimate of drug-likeness (QED) is 0.503. The third-order valence-electron chi connectivity index (χ3n) is 7.36. The monoisotopic (exact) mass is 557 g/mol. The highest BCUT2D eigenvalue weighted by molar-refractivity contribution is 5.94. The van der Waals surface area contributed by atoms with Gasteiger partial charge in [0.05, 0.1) is 12.6 Å². The Hall–Kier alpha value is -4.53. The molecule has 9 heteroatoms. The first-order chi connectivity index (χ1) is 20.0. The van der Waals surface area contributed by atoms with Crippen molar-refractivity contribution >= 4 is 17.9 Å². The van der Waals surface area contributed by atoms with Gasteiger partial charge in [-0.05, 0) is 48.7 Å². The average molecular weight is 558 g/mol. The van der Waals surface area contributed by atoms with E-state index in [-0.39, 0.29) is 37.2 Å². The number of para-hydroxylation sites is 1. The number of carbonyl (C=O) groups is 3. The van der Waals surface area contributed by atoms with Crippen molar-refractivity contribution in [2.75, 3.05) is 26.7 Å². The van der Waals surface area contributed by atoms with Crippen molar-refractivity contribution in [3.63, 3.8) is 0 Å². The van der Waals surface area contributed by atoms with Gasteiger partial charge in [0.15, 0.2) is 0 Å². The van der Waals surface area contributed by atoms with Crippen LogP contribution in [-0.4, -0.2) is 72.6 Å². The standard InChI is InChI=1S/C32H35N3O6/c1-34-17-9-16-29(33-32(38)40-21-23-10-4-2-5-11-23)31(37)35-20-28(41-26-13-6-3-7-14-26)19-25(35)22-39-27-15-8-12-24(18-27)30(34)36/h2-8,10-15,18,25,28-29H,9,16-17,19-22H2,1H3,(H,33,38)/t25-,28-,29-/m0/s1. The third kappa shape index (κ3) is 7.36. The predicted molar refractivity (Wildman–Crippen MR) is 153 cm³/mol. The summed E-state index contributed by atoms with van der Waals surface area (Å²) in [6.45, 7) is 1.09. The van der Waals surface area contributed by atoms with Crippen LogP contribution in [0, 0.1) is 0 Å². The van der Waals surface area contributed by atoms with Gasteiger partial charge in [-0.15, -0.1) is 0 Å². The fourth-order valence-electron chi connectivity index (χ4n) is 5.21.